The molecule has 0 aromatic heterocycles. The number of likely N-dealkylation sites (tertiary alicyclic amines) is 1. The minimum atomic E-state index is 0. The number of piperidine rings is 1. The number of halogens is 1. The molecule has 1 saturated heterocycles. The molecule has 2 N–H and O–H groups in total. The van der Waals surface area contributed by atoms with E-state index in [1.54, 1.807) is 0 Å². The van der Waals surface area contributed by atoms with Gasteiger partial charge in [-0.15, -0.1) is 12.4 Å². The van der Waals surface area contributed by atoms with Crippen molar-refractivity contribution in [2.45, 2.75) is 71.3 Å². The summed E-state index contributed by atoms with van der Waals surface area (Å²) in [7, 11) is 0. The zero-order valence-electron chi connectivity index (χ0n) is 13.1. The highest BCUT2D eigenvalue weighted by Crippen LogP contribution is 2.34. The first-order valence-corrected chi connectivity index (χ1v) is 8.07. The fraction of sp³-hybridized carbons (Fsp3) is 0.938. The Labute approximate surface area is 130 Å². The van der Waals surface area contributed by atoms with E-state index in [9.17, 15) is 4.79 Å². The van der Waals surface area contributed by atoms with Gasteiger partial charge in [0, 0.05) is 25.6 Å². The van der Waals surface area contributed by atoms with Crippen molar-refractivity contribution >= 4 is 18.3 Å². The van der Waals surface area contributed by atoms with Crippen LogP contribution in [0.3, 0.4) is 0 Å². The predicted octanol–water partition coefficient (Wildman–Crippen LogP) is 3.35. The van der Waals surface area contributed by atoms with Gasteiger partial charge in [0.25, 0.3) is 0 Å². The molecule has 1 amide bonds. The highest BCUT2D eigenvalue weighted by molar-refractivity contribution is 5.85. The van der Waals surface area contributed by atoms with Gasteiger partial charge in [-0.3, -0.25) is 4.79 Å². The average molecular weight is 303 g/mol. The lowest BCUT2D eigenvalue weighted by Crippen LogP contribution is -2.44. The molecule has 2 fully saturated rings. The highest BCUT2D eigenvalue weighted by Gasteiger charge is 2.32. The van der Waals surface area contributed by atoms with Crippen LogP contribution in [0.2, 0.25) is 0 Å². The fourth-order valence-electron chi connectivity index (χ4n) is 3.49. The summed E-state index contributed by atoms with van der Waals surface area (Å²) in [5.41, 5.74) is 6.61. The van der Waals surface area contributed by atoms with E-state index in [1.165, 1.54) is 19.3 Å². The molecule has 1 aliphatic heterocycles. The fourth-order valence-corrected chi connectivity index (χ4v) is 3.49. The minimum absolute atomic E-state index is 0. The lowest BCUT2D eigenvalue weighted by Gasteiger charge is -2.40. The molecule has 2 atom stereocenters. The van der Waals surface area contributed by atoms with Crippen LogP contribution in [0.1, 0.15) is 65.2 Å². The molecule has 0 radical (unpaired) electrons. The SMILES string of the molecule is CCC1(C)CCN(C(=O)CC2CCCCC2N)CC1.Cl. The van der Waals surface area contributed by atoms with Gasteiger partial charge in [-0.05, 0) is 37.0 Å². The van der Waals surface area contributed by atoms with E-state index in [0.29, 0.717) is 23.7 Å². The van der Waals surface area contributed by atoms with Crippen LogP contribution in [0.5, 0.6) is 0 Å². The normalized spacial score (nSPS) is 29.6. The number of nitrogens with zero attached hydrogens (tertiary/aromatic N) is 1. The first-order valence-electron chi connectivity index (χ1n) is 8.07. The summed E-state index contributed by atoms with van der Waals surface area (Å²) in [6.07, 6.45) is 8.97. The van der Waals surface area contributed by atoms with E-state index >= 15 is 0 Å². The third-order valence-electron chi connectivity index (χ3n) is 5.58. The van der Waals surface area contributed by atoms with Gasteiger partial charge in [0.2, 0.25) is 5.91 Å². The number of rotatable bonds is 3. The van der Waals surface area contributed by atoms with Crippen LogP contribution in [0, 0.1) is 11.3 Å². The van der Waals surface area contributed by atoms with E-state index in [2.05, 4.69) is 18.7 Å². The predicted molar refractivity (Wildman–Crippen MR) is 86.0 cm³/mol. The van der Waals surface area contributed by atoms with Gasteiger partial charge in [-0.2, -0.15) is 0 Å². The molecule has 2 aliphatic rings. The van der Waals surface area contributed by atoms with E-state index < -0.39 is 0 Å². The summed E-state index contributed by atoms with van der Waals surface area (Å²) in [6.45, 7) is 6.51. The molecule has 1 heterocycles. The molecular weight excluding hydrogens is 272 g/mol. The second kappa shape index (κ2) is 7.65. The molecular formula is C16H31ClN2O. The number of amides is 1. The van der Waals surface area contributed by atoms with Crippen molar-refractivity contribution in [1.82, 2.24) is 4.90 Å². The molecule has 3 nitrogen and oxygen atoms in total. The van der Waals surface area contributed by atoms with Crippen molar-refractivity contribution in [3.05, 3.63) is 0 Å². The average Bonchev–Trinajstić information content (AvgIpc) is 2.42. The summed E-state index contributed by atoms with van der Waals surface area (Å²) in [5.74, 6) is 0.779. The van der Waals surface area contributed by atoms with Crippen molar-refractivity contribution in [2.24, 2.45) is 17.1 Å². The number of carbonyl (C=O) groups excluding carboxylic acids is 1. The quantitative estimate of drug-likeness (QED) is 0.869. The lowest BCUT2D eigenvalue weighted by atomic mass is 9.78. The van der Waals surface area contributed by atoms with Gasteiger partial charge < -0.3 is 10.6 Å². The van der Waals surface area contributed by atoms with E-state index in [1.807, 2.05) is 0 Å². The Hall–Kier alpha value is -0.280. The smallest absolute Gasteiger partial charge is 0.222 e. The number of hydrogen-bond donors (Lipinski definition) is 1. The second-order valence-electron chi connectivity index (χ2n) is 6.96. The topological polar surface area (TPSA) is 46.3 Å². The summed E-state index contributed by atoms with van der Waals surface area (Å²) in [4.78, 5) is 14.5. The number of nitrogens with two attached hydrogens (primary N) is 1. The van der Waals surface area contributed by atoms with Gasteiger partial charge in [-0.25, -0.2) is 0 Å². The molecule has 2 rings (SSSR count). The van der Waals surface area contributed by atoms with Gasteiger partial charge in [0.05, 0.1) is 0 Å². The molecule has 2 unspecified atom stereocenters. The first kappa shape index (κ1) is 17.8. The summed E-state index contributed by atoms with van der Waals surface area (Å²) in [6, 6.07) is 0.253. The molecule has 4 heteroatoms. The zero-order chi connectivity index (χ0) is 13.9. The Morgan fingerprint density at radius 1 is 1.25 bits per heavy atom. The van der Waals surface area contributed by atoms with Crippen molar-refractivity contribution < 1.29 is 4.79 Å². The monoisotopic (exact) mass is 302 g/mol. The van der Waals surface area contributed by atoms with E-state index in [4.69, 9.17) is 5.73 Å². The van der Waals surface area contributed by atoms with Crippen LogP contribution in [-0.4, -0.2) is 29.9 Å². The summed E-state index contributed by atoms with van der Waals surface area (Å²) < 4.78 is 0. The van der Waals surface area contributed by atoms with Gasteiger partial charge >= 0.3 is 0 Å². The number of hydrogen-bond acceptors (Lipinski definition) is 2. The van der Waals surface area contributed by atoms with Gasteiger partial charge in [0.15, 0.2) is 0 Å². The Bertz CT molecular complexity index is 314. The number of carbonyl (C=O) groups is 1. The standard InChI is InChI=1S/C16H30N2O.ClH/c1-3-16(2)8-10-18(11-9-16)15(19)12-13-6-4-5-7-14(13)17;/h13-14H,3-12,17H2,1-2H3;1H. The molecule has 0 bridgehead atoms. The van der Waals surface area contributed by atoms with Crippen LogP contribution in [0.25, 0.3) is 0 Å². The van der Waals surface area contributed by atoms with Gasteiger partial charge in [0.1, 0.15) is 0 Å². The zero-order valence-corrected chi connectivity index (χ0v) is 13.9. The third-order valence-corrected chi connectivity index (χ3v) is 5.58. The Morgan fingerprint density at radius 2 is 1.85 bits per heavy atom. The summed E-state index contributed by atoms with van der Waals surface area (Å²) >= 11 is 0. The third kappa shape index (κ3) is 4.36. The molecule has 1 saturated carbocycles. The summed E-state index contributed by atoms with van der Waals surface area (Å²) in [5, 5.41) is 0. The van der Waals surface area contributed by atoms with Crippen LogP contribution in [-0.2, 0) is 4.79 Å². The Kier molecular flexibility index (Phi) is 6.80. The van der Waals surface area contributed by atoms with Crippen LogP contribution in [0.15, 0.2) is 0 Å². The molecule has 0 spiro atoms. The largest absolute Gasteiger partial charge is 0.343 e. The molecule has 1 aliphatic carbocycles. The molecule has 0 aromatic rings. The van der Waals surface area contributed by atoms with Crippen molar-refractivity contribution in [1.29, 1.82) is 0 Å². The first-order chi connectivity index (χ1) is 9.04. The van der Waals surface area contributed by atoms with E-state index in [0.717, 1.165) is 38.8 Å². The van der Waals surface area contributed by atoms with Gasteiger partial charge in [-0.1, -0.05) is 33.1 Å². The van der Waals surface area contributed by atoms with Crippen LogP contribution < -0.4 is 5.73 Å². The van der Waals surface area contributed by atoms with Crippen molar-refractivity contribution in [3.8, 4) is 0 Å². The second-order valence-corrected chi connectivity index (χ2v) is 6.96. The Balaban J connectivity index is 0.00000200. The van der Waals surface area contributed by atoms with Crippen LogP contribution in [0.4, 0.5) is 0 Å². The minimum Gasteiger partial charge on any atom is -0.343 e. The molecule has 118 valence electrons. The maximum Gasteiger partial charge on any atom is 0.222 e. The van der Waals surface area contributed by atoms with Crippen molar-refractivity contribution in [2.75, 3.05) is 13.1 Å². The van der Waals surface area contributed by atoms with E-state index in [-0.39, 0.29) is 18.4 Å². The molecule has 20 heavy (non-hydrogen) atoms. The lowest BCUT2D eigenvalue weighted by molar-refractivity contribution is -0.134. The maximum atomic E-state index is 12.4. The van der Waals surface area contributed by atoms with Crippen LogP contribution >= 0.6 is 12.4 Å². The molecule has 0 aromatic carbocycles. The van der Waals surface area contributed by atoms with Crippen molar-refractivity contribution in [3.63, 3.8) is 0 Å². The maximum absolute atomic E-state index is 12.4. The highest BCUT2D eigenvalue weighted by atomic mass is 35.5. The Morgan fingerprint density at radius 3 is 2.40 bits per heavy atom.